The maximum absolute atomic E-state index is 12.4. The van der Waals surface area contributed by atoms with Gasteiger partial charge in [-0.2, -0.15) is 9.98 Å². The van der Waals surface area contributed by atoms with Crippen LogP contribution in [0, 0.1) is 18.3 Å². The number of nitrogens with one attached hydrogen (secondary N) is 1. The summed E-state index contributed by atoms with van der Waals surface area (Å²) >= 11 is 0. The number of carboxylic acid groups (broad SMARTS) is 1. The molecule has 0 saturated heterocycles. The molecule has 0 bridgehead atoms. The second-order valence-corrected chi connectivity index (χ2v) is 6.97. The molecule has 2 rings (SSSR count). The number of carboxylic acids is 1. The van der Waals surface area contributed by atoms with Crippen LogP contribution in [0.25, 0.3) is 0 Å². The molecule has 0 unspecified atom stereocenters. The van der Waals surface area contributed by atoms with Gasteiger partial charge in [0, 0.05) is 0 Å². The summed E-state index contributed by atoms with van der Waals surface area (Å²) in [6.07, 6.45) is 1.94. The van der Waals surface area contributed by atoms with E-state index in [-0.39, 0.29) is 17.7 Å². The third-order valence-corrected chi connectivity index (χ3v) is 5.36. The number of nitriles is 1. The fourth-order valence-electron chi connectivity index (χ4n) is 2.58. The molecule has 1 aromatic carbocycles. The number of aryl methyl sites for hydroxylation is 1. The van der Waals surface area contributed by atoms with Crippen LogP contribution in [-0.2, 0) is 14.8 Å². The number of carbonyl (C=O) groups is 1. The van der Waals surface area contributed by atoms with Crippen LogP contribution < -0.4 is 4.72 Å². The molecule has 1 aliphatic carbocycles. The van der Waals surface area contributed by atoms with Gasteiger partial charge in [-0.3, -0.25) is 4.79 Å². The number of benzene rings is 1. The molecule has 0 spiro atoms. The van der Waals surface area contributed by atoms with Crippen molar-refractivity contribution in [1.82, 2.24) is 4.72 Å². The normalized spacial score (nSPS) is 17.3. The van der Waals surface area contributed by atoms with Crippen molar-refractivity contribution < 1.29 is 18.3 Å². The molecular weight excluding hydrogens is 292 g/mol. The van der Waals surface area contributed by atoms with Crippen LogP contribution in [0.3, 0.4) is 0 Å². The average molecular weight is 308 g/mol. The first kappa shape index (κ1) is 15.5. The first-order valence-electron chi connectivity index (χ1n) is 6.59. The highest BCUT2D eigenvalue weighted by Gasteiger charge is 2.44. The lowest BCUT2D eigenvalue weighted by Crippen LogP contribution is -2.52. The summed E-state index contributed by atoms with van der Waals surface area (Å²) in [7, 11) is -3.93. The predicted molar refractivity (Wildman–Crippen MR) is 75.1 cm³/mol. The molecule has 1 saturated carbocycles. The first-order chi connectivity index (χ1) is 9.81. The van der Waals surface area contributed by atoms with E-state index in [2.05, 4.69) is 4.72 Å². The van der Waals surface area contributed by atoms with Gasteiger partial charge in [0.15, 0.2) is 0 Å². The molecular formula is C14H16N2O4S. The number of hydrogen-bond acceptors (Lipinski definition) is 4. The van der Waals surface area contributed by atoms with E-state index < -0.39 is 21.5 Å². The smallest absolute Gasteiger partial charge is 0.324 e. The Hall–Kier alpha value is -1.91. The fraction of sp³-hybridized carbons (Fsp3) is 0.429. The Kier molecular flexibility index (Phi) is 4.03. The predicted octanol–water partition coefficient (Wildman–Crippen LogP) is 1.54. The fourth-order valence-corrected chi connectivity index (χ4v) is 4.09. The van der Waals surface area contributed by atoms with Crippen molar-refractivity contribution in [3.8, 4) is 6.07 Å². The van der Waals surface area contributed by atoms with E-state index >= 15 is 0 Å². The molecule has 6 nitrogen and oxygen atoms in total. The zero-order chi connectivity index (χ0) is 15.7. The minimum Gasteiger partial charge on any atom is -0.480 e. The van der Waals surface area contributed by atoms with Crippen molar-refractivity contribution >= 4 is 16.0 Å². The van der Waals surface area contributed by atoms with Gasteiger partial charge in [-0.15, -0.1) is 0 Å². The van der Waals surface area contributed by atoms with E-state index in [1.807, 2.05) is 6.07 Å². The topological polar surface area (TPSA) is 107 Å². The van der Waals surface area contributed by atoms with E-state index in [0.29, 0.717) is 24.0 Å². The lowest BCUT2D eigenvalue weighted by molar-refractivity contribution is -0.143. The summed E-state index contributed by atoms with van der Waals surface area (Å²) in [6.45, 7) is 1.64. The Labute approximate surface area is 123 Å². The van der Waals surface area contributed by atoms with Crippen LogP contribution in [0.2, 0.25) is 0 Å². The molecule has 7 heteroatoms. The van der Waals surface area contributed by atoms with E-state index in [4.69, 9.17) is 5.26 Å². The number of sulfonamides is 1. The van der Waals surface area contributed by atoms with Crippen molar-refractivity contribution in [3.63, 3.8) is 0 Å². The van der Waals surface area contributed by atoms with E-state index in [9.17, 15) is 18.3 Å². The van der Waals surface area contributed by atoms with Crippen LogP contribution >= 0.6 is 0 Å². The maximum atomic E-state index is 12.4. The lowest BCUT2D eigenvalue weighted by Gasteiger charge is -2.25. The van der Waals surface area contributed by atoms with Gasteiger partial charge >= 0.3 is 5.97 Å². The van der Waals surface area contributed by atoms with Crippen molar-refractivity contribution in [3.05, 3.63) is 29.3 Å². The molecule has 0 radical (unpaired) electrons. The summed E-state index contributed by atoms with van der Waals surface area (Å²) in [4.78, 5) is 11.4. The zero-order valence-corrected chi connectivity index (χ0v) is 12.4. The highest BCUT2D eigenvalue weighted by molar-refractivity contribution is 7.89. The van der Waals surface area contributed by atoms with Crippen LogP contribution in [0.15, 0.2) is 23.1 Å². The molecule has 21 heavy (non-hydrogen) atoms. The summed E-state index contributed by atoms with van der Waals surface area (Å²) in [5, 5.41) is 18.2. The second kappa shape index (κ2) is 5.47. The SMILES string of the molecule is Cc1cc(S(=O)(=O)NC2(C(=O)O)CCCC2)ccc1C#N. The minimum absolute atomic E-state index is 0.0217. The third-order valence-electron chi connectivity index (χ3n) is 3.82. The summed E-state index contributed by atoms with van der Waals surface area (Å²) in [6, 6.07) is 6.08. The third kappa shape index (κ3) is 2.91. The minimum atomic E-state index is -3.93. The van der Waals surface area contributed by atoms with Crippen LogP contribution in [0.4, 0.5) is 0 Å². The van der Waals surface area contributed by atoms with Gasteiger partial charge in [0.25, 0.3) is 0 Å². The molecule has 0 amide bonds. The van der Waals surface area contributed by atoms with Crippen molar-refractivity contribution in [2.24, 2.45) is 0 Å². The quantitative estimate of drug-likeness (QED) is 0.877. The highest BCUT2D eigenvalue weighted by Crippen LogP contribution is 2.31. The Morgan fingerprint density at radius 2 is 2.00 bits per heavy atom. The Morgan fingerprint density at radius 1 is 1.38 bits per heavy atom. The van der Waals surface area contributed by atoms with Crippen LogP contribution in [0.5, 0.6) is 0 Å². The largest absolute Gasteiger partial charge is 0.480 e. The molecule has 0 atom stereocenters. The Morgan fingerprint density at radius 3 is 2.48 bits per heavy atom. The van der Waals surface area contributed by atoms with Gasteiger partial charge in [-0.25, -0.2) is 8.42 Å². The molecule has 0 heterocycles. The first-order valence-corrected chi connectivity index (χ1v) is 8.07. The summed E-state index contributed by atoms with van der Waals surface area (Å²) in [5.74, 6) is -1.14. The summed E-state index contributed by atoms with van der Waals surface area (Å²) in [5.41, 5.74) is -0.486. The van der Waals surface area contributed by atoms with Gasteiger partial charge in [0.2, 0.25) is 10.0 Å². The van der Waals surface area contributed by atoms with Gasteiger partial charge < -0.3 is 5.11 Å². The van der Waals surface area contributed by atoms with E-state index in [1.54, 1.807) is 6.92 Å². The zero-order valence-electron chi connectivity index (χ0n) is 11.6. The van der Waals surface area contributed by atoms with Gasteiger partial charge in [-0.05, 0) is 43.5 Å². The van der Waals surface area contributed by atoms with Crippen LogP contribution in [-0.4, -0.2) is 25.0 Å². The Bertz CT molecular complexity index is 713. The molecule has 1 fully saturated rings. The Balaban J connectivity index is 2.37. The number of hydrogen-bond donors (Lipinski definition) is 2. The maximum Gasteiger partial charge on any atom is 0.324 e. The number of nitrogens with zero attached hydrogens (tertiary/aromatic N) is 1. The van der Waals surface area contributed by atoms with Crippen molar-refractivity contribution in [2.75, 3.05) is 0 Å². The van der Waals surface area contributed by atoms with E-state index in [0.717, 1.165) is 0 Å². The van der Waals surface area contributed by atoms with E-state index in [1.165, 1.54) is 18.2 Å². The molecule has 2 N–H and O–H groups in total. The van der Waals surface area contributed by atoms with Gasteiger partial charge in [0.05, 0.1) is 16.5 Å². The highest BCUT2D eigenvalue weighted by atomic mass is 32.2. The van der Waals surface area contributed by atoms with Crippen molar-refractivity contribution in [1.29, 1.82) is 5.26 Å². The lowest BCUT2D eigenvalue weighted by atomic mass is 10.0. The van der Waals surface area contributed by atoms with Gasteiger partial charge in [0.1, 0.15) is 5.54 Å². The molecule has 0 aromatic heterocycles. The van der Waals surface area contributed by atoms with Crippen LogP contribution in [0.1, 0.15) is 36.8 Å². The summed E-state index contributed by atoms with van der Waals surface area (Å²) < 4.78 is 27.1. The van der Waals surface area contributed by atoms with Crippen molar-refractivity contribution in [2.45, 2.75) is 43.0 Å². The van der Waals surface area contributed by atoms with Gasteiger partial charge in [-0.1, -0.05) is 12.8 Å². The molecule has 1 aromatic rings. The number of aliphatic carboxylic acids is 1. The average Bonchev–Trinajstić information content (AvgIpc) is 2.87. The number of rotatable bonds is 4. The second-order valence-electron chi connectivity index (χ2n) is 5.29. The molecule has 0 aliphatic heterocycles. The monoisotopic (exact) mass is 308 g/mol. The molecule has 1 aliphatic rings. The standard InChI is InChI=1S/C14H16N2O4S/c1-10-8-12(5-4-11(10)9-15)21(19,20)16-14(13(17)18)6-2-3-7-14/h4-5,8,16H,2-3,6-7H2,1H3,(H,17,18). The molecule has 112 valence electrons.